The number of benzene rings is 2. The Morgan fingerprint density at radius 1 is 1.00 bits per heavy atom. The van der Waals surface area contributed by atoms with E-state index in [9.17, 15) is 0 Å². The second-order valence-electron chi connectivity index (χ2n) is 5.57. The molecule has 0 bridgehead atoms. The molecular weight excluding hydrogens is 258 g/mol. The maximum atomic E-state index is 6.04. The predicted molar refractivity (Wildman–Crippen MR) is 89.0 cm³/mol. The van der Waals surface area contributed by atoms with E-state index in [4.69, 9.17) is 10.5 Å². The Kier molecular flexibility index (Phi) is 5.40. The molecule has 0 amide bonds. The van der Waals surface area contributed by atoms with Crippen LogP contribution in [0.2, 0.25) is 0 Å². The molecule has 2 aromatic carbocycles. The SMILES string of the molecule is CCc1ccc(Oc2cc(CC(N)CC)ccc2C)cc1. The first kappa shape index (κ1) is 15.6. The van der Waals surface area contributed by atoms with Gasteiger partial charge < -0.3 is 10.5 Å². The molecule has 0 spiro atoms. The summed E-state index contributed by atoms with van der Waals surface area (Å²) < 4.78 is 6.02. The molecule has 0 aliphatic carbocycles. The highest BCUT2D eigenvalue weighted by atomic mass is 16.5. The van der Waals surface area contributed by atoms with E-state index < -0.39 is 0 Å². The number of aryl methyl sites for hydroxylation is 2. The van der Waals surface area contributed by atoms with Gasteiger partial charge in [-0.1, -0.05) is 38.1 Å². The molecule has 21 heavy (non-hydrogen) atoms. The van der Waals surface area contributed by atoms with E-state index in [2.05, 4.69) is 51.1 Å². The van der Waals surface area contributed by atoms with Crippen LogP contribution in [0, 0.1) is 6.92 Å². The number of hydrogen-bond donors (Lipinski definition) is 1. The summed E-state index contributed by atoms with van der Waals surface area (Å²) in [7, 11) is 0. The van der Waals surface area contributed by atoms with Crippen molar-refractivity contribution in [2.75, 3.05) is 0 Å². The second-order valence-corrected chi connectivity index (χ2v) is 5.57. The molecule has 0 radical (unpaired) electrons. The van der Waals surface area contributed by atoms with Crippen molar-refractivity contribution in [3.8, 4) is 11.5 Å². The summed E-state index contributed by atoms with van der Waals surface area (Å²) in [6.45, 7) is 6.34. The van der Waals surface area contributed by atoms with Crippen molar-refractivity contribution in [1.82, 2.24) is 0 Å². The van der Waals surface area contributed by atoms with Crippen LogP contribution in [-0.2, 0) is 12.8 Å². The van der Waals surface area contributed by atoms with E-state index in [1.807, 2.05) is 12.1 Å². The van der Waals surface area contributed by atoms with Gasteiger partial charge in [0.2, 0.25) is 0 Å². The largest absolute Gasteiger partial charge is 0.457 e. The van der Waals surface area contributed by atoms with Crippen LogP contribution >= 0.6 is 0 Å². The topological polar surface area (TPSA) is 35.2 Å². The van der Waals surface area contributed by atoms with Gasteiger partial charge in [0, 0.05) is 6.04 Å². The molecule has 0 heterocycles. The standard InChI is InChI=1S/C19H25NO/c1-4-15-8-10-18(11-9-15)21-19-13-16(7-6-14(19)3)12-17(20)5-2/h6-11,13,17H,4-5,12,20H2,1-3H3. The minimum atomic E-state index is 0.212. The summed E-state index contributed by atoms with van der Waals surface area (Å²) in [5.74, 6) is 1.80. The van der Waals surface area contributed by atoms with Crippen LogP contribution in [0.15, 0.2) is 42.5 Å². The molecule has 1 unspecified atom stereocenters. The first-order valence-electron chi connectivity index (χ1n) is 7.74. The normalized spacial score (nSPS) is 12.2. The Bertz CT molecular complexity index is 575. The van der Waals surface area contributed by atoms with Crippen LogP contribution in [0.25, 0.3) is 0 Å². The van der Waals surface area contributed by atoms with E-state index in [0.717, 1.165) is 36.3 Å². The fourth-order valence-electron chi connectivity index (χ4n) is 2.25. The number of rotatable bonds is 6. The Morgan fingerprint density at radius 3 is 2.29 bits per heavy atom. The van der Waals surface area contributed by atoms with Crippen molar-refractivity contribution in [1.29, 1.82) is 0 Å². The molecule has 0 saturated heterocycles. The molecule has 0 aliphatic rings. The molecule has 2 rings (SSSR count). The Morgan fingerprint density at radius 2 is 1.67 bits per heavy atom. The van der Waals surface area contributed by atoms with Crippen molar-refractivity contribution in [2.24, 2.45) is 5.73 Å². The molecule has 2 aromatic rings. The summed E-state index contributed by atoms with van der Waals surface area (Å²) in [6.07, 6.45) is 2.92. The smallest absolute Gasteiger partial charge is 0.130 e. The zero-order valence-corrected chi connectivity index (χ0v) is 13.2. The third-order valence-electron chi connectivity index (χ3n) is 3.83. The van der Waals surface area contributed by atoms with Gasteiger partial charge in [-0.25, -0.2) is 0 Å². The highest BCUT2D eigenvalue weighted by Gasteiger charge is 2.06. The van der Waals surface area contributed by atoms with E-state index in [1.54, 1.807) is 0 Å². The van der Waals surface area contributed by atoms with Crippen LogP contribution in [0.5, 0.6) is 11.5 Å². The summed E-state index contributed by atoms with van der Waals surface area (Å²) in [5.41, 5.74) is 9.73. The van der Waals surface area contributed by atoms with Gasteiger partial charge in [0.15, 0.2) is 0 Å². The maximum absolute atomic E-state index is 6.04. The molecule has 0 fully saturated rings. The van der Waals surface area contributed by atoms with E-state index in [0.29, 0.717) is 0 Å². The monoisotopic (exact) mass is 283 g/mol. The Balaban J connectivity index is 2.15. The molecular formula is C19H25NO. The minimum absolute atomic E-state index is 0.212. The van der Waals surface area contributed by atoms with Crippen LogP contribution in [0.3, 0.4) is 0 Å². The molecule has 0 aliphatic heterocycles. The summed E-state index contributed by atoms with van der Waals surface area (Å²) >= 11 is 0. The number of ether oxygens (including phenoxy) is 1. The third-order valence-corrected chi connectivity index (χ3v) is 3.83. The van der Waals surface area contributed by atoms with E-state index in [-0.39, 0.29) is 6.04 Å². The average Bonchev–Trinajstić information content (AvgIpc) is 2.51. The lowest BCUT2D eigenvalue weighted by molar-refractivity contribution is 0.477. The molecule has 0 saturated carbocycles. The summed E-state index contributed by atoms with van der Waals surface area (Å²) in [6, 6.07) is 14.8. The molecule has 2 heteroatoms. The molecule has 112 valence electrons. The van der Waals surface area contributed by atoms with E-state index >= 15 is 0 Å². The fourth-order valence-corrected chi connectivity index (χ4v) is 2.25. The quantitative estimate of drug-likeness (QED) is 0.839. The van der Waals surface area contributed by atoms with Crippen LogP contribution in [-0.4, -0.2) is 6.04 Å². The van der Waals surface area contributed by atoms with Crippen molar-refractivity contribution in [3.05, 3.63) is 59.2 Å². The van der Waals surface area contributed by atoms with Crippen molar-refractivity contribution >= 4 is 0 Å². The van der Waals surface area contributed by atoms with Gasteiger partial charge in [-0.05, 0) is 61.1 Å². The van der Waals surface area contributed by atoms with Gasteiger partial charge in [-0.15, -0.1) is 0 Å². The van der Waals surface area contributed by atoms with Gasteiger partial charge >= 0.3 is 0 Å². The van der Waals surface area contributed by atoms with Crippen LogP contribution in [0.4, 0.5) is 0 Å². The van der Waals surface area contributed by atoms with Gasteiger partial charge in [0.05, 0.1) is 0 Å². The summed E-state index contributed by atoms with van der Waals surface area (Å²) in [4.78, 5) is 0. The molecule has 2 N–H and O–H groups in total. The Labute approximate surface area is 127 Å². The van der Waals surface area contributed by atoms with Crippen molar-refractivity contribution in [2.45, 2.75) is 46.1 Å². The molecule has 1 atom stereocenters. The third kappa shape index (κ3) is 4.33. The van der Waals surface area contributed by atoms with Gasteiger partial charge in [0.25, 0.3) is 0 Å². The lowest BCUT2D eigenvalue weighted by Crippen LogP contribution is -2.21. The molecule has 2 nitrogen and oxygen atoms in total. The highest BCUT2D eigenvalue weighted by molar-refractivity contribution is 5.40. The van der Waals surface area contributed by atoms with Crippen LogP contribution < -0.4 is 10.5 Å². The average molecular weight is 283 g/mol. The lowest BCUT2D eigenvalue weighted by atomic mass is 10.0. The van der Waals surface area contributed by atoms with Gasteiger partial charge in [-0.3, -0.25) is 0 Å². The van der Waals surface area contributed by atoms with E-state index in [1.165, 1.54) is 11.1 Å². The zero-order valence-electron chi connectivity index (χ0n) is 13.2. The fraction of sp³-hybridized carbons (Fsp3) is 0.368. The van der Waals surface area contributed by atoms with Crippen molar-refractivity contribution in [3.63, 3.8) is 0 Å². The lowest BCUT2D eigenvalue weighted by Gasteiger charge is -2.13. The number of nitrogens with two attached hydrogens (primary N) is 1. The summed E-state index contributed by atoms with van der Waals surface area (Å²) in [5, 5.41) is 0. The predicted octanol–water partition coefficient (Wildman–Crippen LogP) is 4.63. The van der Waals surface area contributed by atoms with Gasteiger partial charge in [-0.2, -0.15) is 0 Å². The van der Waals surface area contributed by atoms with Gasteiger partial charge in [0.1, 0.15) is 11.5 Å². The Hall–Kier alpha value is -1.80. The first-order chi connectivity index (χ1) is 10.1. The number of hydrogen-bond acceptors (Lipinski definition) is 2. The van der Waals surface area contributed by atoms with Crippen molar-refractivity contribution < 1.29 is 4.74 Å². The zero-order chi connectivity index (χ0) is 15.2. The molecule has 0 aromatic heterocycles. The van der Waals surface area contributed by atoms with Crippen LogP contribution in [0.1, 0.15) is 37.0 Å². The highest BCUT2D eigenvalue weighted by Crippen LogP contribution is 2.27. The maximum Gasteiger partial charge on any atom is 0.130 e. The first-order valence-corrected chi connectivity index (χ1v) is 7.74. The minimum Gasteiger partial charge on any atom is -0.457 e. The second kappa shape index (κ2) is 7.28.